The summed E-state index contributed by atoms with van der Waals surface area (Å²) in [7, 11) is 0. The van der Waals surface area contributed by atoms with E-state index in [4.69, 9.17) is 0 Å². The molecule has 0 bridgehead atoms. The molecule has 0 aliphatic rings. The highest BCUT2D eigenvalue weighted by Crippen LogP contribution is 2.39. The number of aliphatic hydroxyl groups is 1. The molecule has 0 saturated heterocycles. The predicted octanol–water partition coefficient (Wildman–Crippen LogP) is 6.91. The lowest BCUT2D eigenvalue weighted by atomic mass is 9.83. The van der Waals surface area contributed by atoms with Crippen LogP contribution in [0.2, 0.25) is 0 Å². The topological polar surface area (TPSA) is 37.3 Å². The van der Waals surface area contributed by atoms with E-state index in [1.807, 2.05) is 18.2 Å². The highest BCUT2D eigenvalue weighted by Gasteiger charge is 2.37. The second-order valence-electron chi connectivity index (χ2n) is 8.33. The van der Waals surface area contributed by atoms with Crippen molar-refractivity contribution in [1.82, 2.24) is 0 Å². The maximum absolute atomic E-state index is 12.6. The Morgan fingerprint density at radius 2 is 1.41 bits per heavy atom. The van der Waals surface area contributed by atoms with Crippen molar-refractivity contribution < 1.29 is 23.1 Å². The number of hydrogen-bond donors (Lipinski definition) is 1. The first-order valence-electron chi connectivity index (χ1n) is 9.21. The Balaban J connectivity index is 2.01. The normalized spacial score (nSPS) is 13.7. The average molecular weight is 396 g/mol. The van der Waals surface area contributed by atoms with Gasteiger partial charge in [-0.3, -0.25) is 4.79 Å². The van der Waals surface area contributed by atoms with E-state index in [0.29, 0.717) is 5.39 Å². The van der Waals surface area contributed by atoms with Gasteiger partial charge in [0.15, 0.2) is 0 Å². The van der Waals surface area contributed by atoms with Crippen LogP contribution in [-0.4, -0.2) is 17.1 Å². The van der Waals surface area contributed by atoms with E-state index >= 15 is 0 Å². The summed E-state index contributed by atoms with van der Waals surface area (Å²) in [4.78, 5) is 11.3. The number of alkyl halides is 3. The average Bonchev–Trinajstić information content (AvgIpc) is 2.63. The van der Waals surface area contributed by atoms with Gasteiger partial charge >= 0.3 is 6.18 Å². The van der Waals surface area contributed by atoms with Crippen molar-refractivity contribution in [2.45, 2.75) is 32.4 Å². The van der Waals surface area contributed by atoms with E-state index in [9.17, 15) is 23.1 Å². The first-order valence-corrected chi connectivity index (χ1v) is 9.21. The van der Waals surface area contributed by atoms with Gasteiger partial charge in [0.2, 0.25) is 0 Å². The molecule has 148 valence electrons. The quantitative estimate of drug-likeness (QED) is 0.227. The van der Waals surface area contributed by atoms with Crippen molar-refractivity contribution in [2.75, 3.05) is 0 Å². The summed E-state index contributed by atoms with van der Waals surface area (Å²) in [5, 5.41) is 15.7. The van der Waals surface area contributed by atoms with Crippen LogP contribution in [0.25, 0.3) is 38.1 Å². The van der Waals surface area contributed by atoms with Gasteiger partial charge in [0.05, 0.1) is 0 Å². The Kier molecular flexibility index (Phi) is 4.12. The van der Waals surface area contributed by atoms with Crippen LogP contribution in [0.4, 0.5) is 13.2 Å². The summed E-state index contributed by atoms with van der Waals surface area (Å²) in [5.74, 6) is -2.78. The number of carbonyl (C=O) groups is 1. The lowest BCUT2D eigenvalue weighted by molar-refractivity contribution is -0.165. The van der Waals surface area contributed by atoms with Crippen LogP contribution in [0.3, 0.4) is 0 Å². The fourth-order valence-electron chi connectivity index (χ4n) is 3.76. The third-order valence-corrected chi connectivity index (χ3v) is 5.29. The third-order valence-electron chi connectivity index (χ3n) is 5.29. The second-order valence-corrected chi connectivity index (χ2v) is 8.33. The molecule has 0 saturated carbocycles. The molecule has 0 fully saturated rings. The summed E-state index contributed by atoms with van der Waals surface area (Å²) in [5.41, 5.74) is 1.35. The van der Waals surface area contributed by atoms with E-state index in [-0.39, 0.29) is 17.1 Å². The van der Waals surface area contributed by atoms with Crippen LogP contribution in [0.1, 0.15) is 31.9 Å². The van der Waals surface area contributed by atoms with Crippen molar-refractivity contribution in [3.63, 3.8) is 0 Å². The van der Waals surface area contributed by atoms with Gasteiger partial charge < -0.3 is 5.11 Å². The zero-order chi connectivity index (χ0) is 21.1. The minimum absolute atomic E-state index is 0.0332. The van der Waals surface area contributed by atoms with Crippen LogP contribution in [0.5, 0.6) is 0 Å². The zero-order valence-corrected chi connectivity index (χ0v) is 16.2. The van der Waals surface area contributed by atoms with Gasteiger partial charge in [0.1, 0.15) is 5.76 Å². The molecule has 0 unspecified atom stereocenters. The monoisotopic (exact) mass is 396 g/mol. The first kappa shape index (κ1) is 19.2. The second kappa shape index (κ2) is 6.21. The molecule has 0 heterocycles. The summed E-state index contributed by atoms with van der Waals surface area (Å²) in [6.07, 6.45) is -4.79. The van der Waals surface area contributed by atoms with Gasteiger partial charge in [0.25, 0.3) is 5.78 Å². The van der Waals surface area contributed by atoms with E-state index in [0.717, 1.165) is 26.9 Å². The van der Waals surface area contributed by atoms with Gasteiger partial charge in [-0.1, -0.05) is 69.3 Å². The summed E-state index contributed by atoms with van der Waals surface area (Å²) >= 11 is 0. The molecule has 4 aromatic rings. The molecule has 0 amide bonds. The van der Waals surface area contributed by atoms with Gasteiger partial charge in [0, 0.05) is 11.6 Å². The molecule has 2 nitrogen and oxygen atoms in total. The molecule has 0 aromatic heterocycles. The van der Waals surface area contributed by atoms with Crippen LogP contribution in [0.15, 0.2) is 54.6 Å². The van der Waals surface area contributed by atoms with E-state index in [1.165, 1.54) is 11.6 Å². The van der Waals surface area contributed by atoms with Gasteiger partial charge in [-0.05, 0) is 43.3 Å². The Bertz CT molecular complexity index is 1270. The van der Waals surface area contributed by atoms with Crippen molar-refractivity contribution in [3.8, 4) is 0 Å². The standard InChI is InChI=1S/C24H19F3O2/c1-23(2,3)16-10-14-5-4-13-6-8-17(19(28)12-20(29)24(25,26)27)18-9-7-15(11-16)21(14)22(13)18/h4-12,28H,1-3H3/b19-12-. The molecular formula is C24H19F3O2. The van der Waals surface area contributed by atoms with E-state index in [2.05, 4.69) is 32.9 Å². The van der Waals surface area contributed by atoms with Crippen molar-refractivity contribution in [1.29, 1.82) is 0 Å². The molecule has 1 N–H and O–H groups in total. The molecule has 29 heavy (non-hydrogen) atoms. The summed E-state index contributed by atoms with van der Waals surface area (Å²) < 4.78 is 37.8. The molecule has 0 spiro atoms. The molecule has 0 radical (unpaired) electrons. The molecule has 4 rings (SSSR count). The Labute approximate surface area is 165 Å². The number of ketones is 1. The summed E-state index contributed by atoms with van der Waals surface area (Å²) in [6.45, 7) is 6.41. The molecule has 0 aliphatic heterocycles. The predicted molar refractivity (Wildman–Crippen MR) is 111 cm³/mol. The molecule has 5 heteroatoms. The lowest BCUT2D eigenvalue weighted by Gasteiger charge is -2.22. The fraction of sp³-hybridized carbons (Fsp3) is 0.208. The van der Waals surface area contributed by atoms with Crippen molar-refractivity contribution in [3.05, 3.63) is 65.7 Å². The number of halogens is 3. The Morgan fingerprint density at radius 3 is 2.00 bits per heavy atom. The van der Waals surface area contributed by atoms with E-state index in [1.54, 1.807) is 12.1 Å². The minimum atomic E-state index is -5.03. The van der Waals surface area contributed by atoms with Gasteiger partial charge in [-0.25, -0.2) is 0 Å². The van der Waals surface area contributed by atoms with Crippen LogP contribution >= 0.6 is 0 Å². The first-order chi connectivity index (χ1) is 13.5. The number of aliphatic hydroxyl groups excluding tert-OH is 1. The number of rotatable bonds is 2. The van der Waals surface area contributed by atoms with Crippen LogP contribution in [-0.2, 0) is 10.2 Å². The largest absolute Gasteiger partial charge is 0.507 e. The fourth-order valence-corrected chi connectivity index (χ4v) is 3.76. The number of carbonyl (C=O) groups excluding carboxylic acids is 1. The van der Waals surface area contributed by atoms with Crippen molar-refractivity contribution >= 4 is 43.9 Å². The van der Waals surface area contributed by atoms with Gasteiger partial charge in [-0.2, -0.15) is 13.2 Å². The number of hydrogen-bond acceptors (Lipinski definition) is 2. The highest BCUT2D eigenvalue weighted by atomic mass is 19.4. The lowest BCUT2D eigenvalue weighted by Crippen LogP contribution is -2.20. The minimum Gasteiger partial charge on any atom is -0.507 e. The van der Waals surface area contributed by atoms with E-state index < -0.39 is 17.7 Å². The maximum Gasteiger partial charge on any atom is 0.454 e. The molecule has 0 aliphatic carbocycles. The molecule has 4 aromatic carbocycles. The SMILES string of the molecule is CC(C)(C)c1cc2ccc3ccc(/C(O)=C/C(=O)C(F)(F)F)c4ccc(c1)c2c34. The van der Waals surface area contributed by atoms with Gasteiger partial charge in [-0.15, -0.1) is 0 Å². The van der Waals surface area contributed by atoms with Crippen molar-refractivity contribution in [2.24, 2.45) is 0 Å². The molecular weight excluding hydrogens is 377 g/mol. The summed E-state index contributed by atoms with van der Waals surface area (Å²) in [6, 6.07) is 15.2. The number of allylic oxidation sites excluding steroid dienone is 1. The highest BCUT2D eigenvalue weighted by molar-refractivity contribution is 6.24. The smallest absolute Gasteiger partial charge is 0.454 e. The zero-order valence-electron chi connectivity index (χ0n) is 16.2. The van der Waals surface area contributed by atoms with Crippen LogP contribution in [0, 0.1) is 0 Å². The Morgan fingerprint density at radius 1 is 0.862 bits per heavy atom. The Hall–Kier alpha value is -3.08. The maximum atomic E-state index is 12.6. The molecule has 0 atom stereocenters. The third kappa shape index (κ3) is 3.20. The number of benzene rings is 4. The van der Waals surface area contributed by atoms with Crippen LogP contribution < -0.4 is 0 Å².